The summed E-state index contributed by atoms with van der Waals surface area (Å²) in [4.78, 5) is 14.1. The molecule has 2 nitrogen and oxygen atoms in total. The van der Waals surface area contributed by atoms with Crippen LogP contribution in [0.25, 0.3) is 0 Å². The highest BCUT2D eigenvalue weighted by Gasteiger charge is 2.05. The summed E-state index contributed by atoms with van der Waals surface area (Å²) in [6, 6.07) is 2.41. The highest BCUT2D eigenvalue weighted by molar-refractivity contribution is 6.67. The third-order valence-corrected chi connectivity index (χ3v) is 1.42. The van der Waals surface area contributed by atoms with Crippen LogP contribution in [0.3, 0.4) is 0 Å². The Hall–Kier alpha value is -0.960. The number of carbonyl (C=O) groups excluding carboxylic acids is 1. The molecule has 1 aromatic heterocycles. The van der Waals surface area contributed by atoms with E-state index in [4.69, 9.17) is 11.6 Å². The van der Waals surface area contributed by atoms with Gasteiger partial charge in [-0.1, -0.05) is 0 Å². The van der Waals surface area contributed by atoms with Crippen molar-refractivity contribution in [1.29, 1.82) is 0 Å². The summed E-state index contributed by atoms with van der Waals surface area (Å²) in [5.41, 5.74) is 0.252. The van der Waals surface area contributed by atoms with E-state index in [1.165, 1.54) is 13.0 Å². The molecule has 0 radical (unpaired) electrons. The highest BCUT2D eigenvalue weighted by atomic mass is 35.5. The minimum Gasteiger partial charge on any atom is -0.274 e. The number of halogens is 2. The lowest BCUT2D eigenvalue weighted by molar-refractivity contribution is 0.107. The fraction of sp³-hybridized carbons (Fsp3) is 0.143. The molecule has 0 unspecified atom stereocenters. The van der Waals surface area contributed by atoms with Gasteiger partial charge in [-0.2, -0.15) is 0 Å². The van der Waals surface area contributed by atoms with Crippen LogP contribution in [0.2, 0.25) is 0 Å². The quantitative estimate of drug-likeness (QED) is 0.608. The molecule has 0 N–H and O–H groups in total. The first-order valence-electron chi connectivity index (χ1n) is 2.94. The summed E-state index contributed by atoms with van der Waals surface area (Å²) in [7, 11) is 0. The van der Waals surface area contributed by atoms with E-state index in [-0.39, 0.29) is 11.4 Å². The van der Waals surface area contributed by atoms with Crippen molar-refractivity contribution >= 4 is 16.8 Å². The maximum atomic E-state index is 12.5. The van der Waals surface area contributed by atoms with Crippen molar-refractivity contribution in [1.82, 2.24) is 4.98 Å². The third kappa shape index (κ3) is 1.74. The van der Waals surface area contributed by atoms with Crippen LogP contribution in [-0.4, -0.2) is 10.2 Å². The molecule has 0 aliphatic heterocycles. The zero-order chi connectivity index (χ0) is 8.43. The zero-order valence-electron chi connectivity index (χ0n) is 5.77. The summed E-state index contributed by atoms with van der Waals surface area (Å²) in [6.45, 7) is 1.47. The van der Waals surface area contributed by atoms with Gasteiger partial charge in [-0.05, 0) is 30.7 Å². The van der Waals surface area contributed by atoms with Gasteiger partial charge in [0.15, 0.2) is 0 Å². The van der Waals surface area contributed by atoms with E-state index in [2.05, 4.69) is 4.98 Å². The van der Waals surface area contributed by atoms with Crippen LogP contribution in [0.1, 0.15) is 16.2 Å². The molecule has 58 valence electrons. The average molecular weight is 174 g/mol. The Morgan fingerprint density at radius 2 is 2.27 bits per heavy atom. The van der Waals surface area contributed by atoms with Crippen molar-refractivity contribution < 1.29 is 9.18 Å². The molecule has 0 spiro atoms. The molecule has 0 atom stereocenters. The van der Waals surface area contributed by atoms with Gasteiger partial charge in [0, 0.05) is 0 Å². The number of hydrogen-bond acceptors (Lipinski definition) is 2. The minimum atomic E-state index is -0.673. The van der Waals surface area contributed by atoms with Crippen molar-refractivity contribution in [2.24, 2.45) is 0 Å². The fourth-order valence-electron chi connectivity index (χ4n) is 0.654. The Balaban J connectivity index is 3.15. The van der Waals surface area contributed by atoms with Crippen molar-refractivity contribution in [2.75, 3.05) is 0 Å². The van der Waals surface area contributed by atoms with Crippen LogP contribution < -0.4 is 0 Å². The normalized spacial score (nSPS) is 9.73. The maximum absolute atomic E-state index is 12.5. The van der Waals surface area contributed by atoms with Gasteiger partial charge >= 0.3 is 0 Å². The molecule has 1 heterocycles. The van der Waals surface area contributed by atoms with Crippen LogP contribution in [0.4, 0.5) is 4.39 Å². The van der Waals surface area contributed by atoms with Crippen LogP contribution >= 0.6 is 11.6 Å². The molecule has 0 saturated heterocycles. The summed E-state index contributed by atoms with van der Waals surface area (Å²) >= 11 is 5.10. The number of rotatable bonds is 1. The summed E-state index contributed by atoms with van der Waals surface area (Å²) in [5.74, 6) is -0.438. The molecule has 0 aliphatic carbocycles. The molecule has 1 aromatic rings. The first kappa shape index (κ1) is 8.14. The van der Waals surface area contributed by atoms with Crippen molar-refractivity contribution in [3.8, 4) is 0 Å². The molecule has 4 heteroatoms. The number of nitrogens with zero attached hydrogens (tertiary/aromatic N) is 1. The van der Waals surface area contributed by atoms with Gasteiger partial charge in [-0.25, -0.2) is 9.37 Å². The smallest absolute Gasteiger partial charge is 0.270 e. The molecular formula is C7H5ClFNO. The van der Waals surface area contributed by atoms with E-state index in [1.807, 2.05) is 0 Å². The van der Waals surface area contributed by atoms with Gasteiger partial charge in [-0.15, -0.1) is 0 Å². The molecule has 0 amide bonds. The van der Waals surface area contributed by atoms with E-state index >= 15 is 0 Å². The lowest BCUT2D eigenvalue weighted by Crippen LogP contribution is -1.97. The van der Waals surface area contributed by atoms with E-state index in [0.29, 0.717) is 0 Å². The first-order chi connectivity index (χ1) is 5.11. The molecule has 0 aliphatic rings. The minimum absolute atomic E-state index is 0.0746. The molecule has 0 aromatic carbocycles. The largest absolute Gasteiger partial charge is 0.274 e. The van der Waals surface area contributed by atoms with Crippen LogP contribution in [0.5, 0.6) is 0 Å². The lowest BCUT2D eigenvalue weighted by atomic mass is 10.3. The Bertz CT molecular complexity index is 300. The second-order valence-corrected chi connectivity index (χ2v) is 2.38. The SMILES string of the molecule is Cc1nc(C(=O)Cl)ccc1F. The molecule has 1 rings (SSSR count). The monoisotopic (exact) mass is 173 g/mol. The Morgan fingerprint density at radius 3 is 2.73 bits per heavy atom. The molecule has 11 heavy (non-hydrogen) atoms. The molecule has 0 fully saturated rings. The average Bonchev–Trinajstić information content (AvgIpc) is 1.94. The fourth-order valence-corrected chi connectivity index (χ4v) is 0.759. The Labute approximate surface area is 68.0 Å². The summed E-state index contributed by atoms with van der Waals surface area (Å²) < 4.78 is 12.5. The van der Waals surface area contributed by atoms with E-state index < -0.39 is 11.1 Å². The van der Waals surface area contributed by atoms with Crippen LogP contribution in [0, 0.1) is 12.7 Å². The van der Waals surface area contributed by atoms with E-state index in [9.17, 15) is 9.18 Å². The topological polar surface area (TPSA) is 30.0 Å². The molecular weight excluding hydrogens is 169 g/mol. The predicted octanol–water partition coefficient (Wildman–Crippen LogP) is 1.91. The van der Waals surface area contributed by atoms with E-state index in [1.54, 1.807) is 0 Å². The summed E-state index contributed by atoms with van der Waals surface area (Å²) in [6.07, 6.45) is 0. The van der Waals surface area contributed by atoms with Crippen molar-refractivity contribution in [2.45, 2.75) is 6.92 Å². The summed E-state index contributed by atoms with van der Waals surface area (Å²) in [5, 5.41) is -0.673. The number of aryl methyl sites for hydroxylation is 1. The van der Waals surface area contributed by atoms with Crippen LogP contribution in [-0.2, 0) is 0 Å². The highest BCUT2D eigenvalue weighted by Crippen LogP contribution is 2.06. The standard InChI is InChI=1S/C7H5ClFNO/c1-4-5(9)2-3-6(10-4)7(8)11/h2-3H,1H3. The first-order valence-corrected chi connectivity index (χ1v) is 3.32. The van der Waals surface area contributed by atoms with Gasteiger partial charge in [0.2, 0.25) is 0 Å². The number of aromatic nitrogens is 1. The van der Waals surface area contributed by atoms with Crippen molar-refractivity contribution in [3.63, 3.8) is 0 Å². The number of hydrogen-bond donors (Lipinski definition) is 0. The van der Waals surface area contributed by atoms with Gasteiger partial charge in [0.25, 0.3) is 5.24 Å². The van der Waals surface area contributed by atoms with Gasteiger partial charge in [0.05, 0.1) is 5.69 Å². The Kier molecular flexibility index (Phi) is 2.19. The second kappa shape index (κ2) is 2.96. The van der Waals surface area contributed by atoms with Gasteiger partial charge in [0.1, 0.15) is 11.5 Å². The lowest BCUT2D eigenvalue weighted by Gasteiger charge is -1.95. The third-order valence-electron chi connectivity index (χ3n) is 1.22. The second-order valence-electron chi connectivity index (χ2n) is 2.04. The van der Waals surface area contributed by atoms with Crippen LogP contribution in [0.15, 0.2) is 12.1 Å². The maximum Gasteiger partial charge on any atom is 0.270 e. The number of pyridine rings is 1. The van der Waals surface area contributed by atoms with Gasteiger partial charge in [-0.3, -0.25) is 4.79 Å². The molecule has 0 bridgehead atoms. The van der Waals surface area contributed by atoms with Crippen molar-refractivity contribution in [3.05, 3.63) is 29.3 Å². The predicted molar refractivity (Wildman–Crippen MR) is 39.1 cm³/mol. The zero-order valence-corrected chi connectivity index (χ0v) is 6.52. The van der Waals surface area contributed by atoms with E-state index in [0.717, 1.165) is 6.07 Å². The van der Waals surface area contributed by atoms with Gasteiger partial charge < -0.3 is 0 Å². The Morgan fingerprint density at radius 1 is 1.64 bits per heavy atom. The molecule has 0 saturated carbocycles. The number of carbonyl (C=O) groups is 1.